The standard InChI is InChI=1S/C15H16.C2H6/c1-12-8-9-15(11-13(2)10-12)14-6-4-3-5-7-14;1-2/h3-11,13H,1-2H3;1-2H3. The molecule has 0 amide bonds. The molecule has 0 aliphatic heterocycles. The molecule has 0 fully saturated rings. The third kappa shape index (κ3) is 4.07. The van der Waals surface area contributed by atoms with Crippen LogP contribution < -0.4 is 0 Å². The molecule has 1 unspecified atom stereocenters. The second-order valence-electron chi connectivity index (χ2n) is 4.09. The van der Waals surface area contributed by atoms with Crippen LogP contribution in [0.5, 0.6) is 0 Å². The topological polar surface area (TPSA) is 0 Å². The molecule has 1 atom stereocenters. The van der Waals surface area contributed by atoms with Crippen molar-refractivity contribution in [3.63, 3.8) is 0 Å². The Kier molecular flexibility index (Phi) is 5.48. The summed E-state index contributed by atoms with van der Waals surface area (Å²) in [5.41, 5.74) is 3.95. The monoisotopic (exact) mass is 226 g/mol. The van der Waals surface area contributed by atoms with Gasteiger partial charge in [0.25, 0.3) is 0 Å². The van der Waals surface area contributed by atoms with Gasteiger partial charge in [-0.3, -0.25) is 0 Å². The van der Waals surface area contributed by atoms with Crippen LogP contribution in [0.4, 0.5) is 0 Å². The largest absolute Gasteiger partial charge is 0.0749 e. The zero-order valence-electron chi connectivity index (χ0n) is 11.3. The van der Waals surface area contributed by atoms with Crippen molar-refractivity contribution in [1.82, 2.24) is 0 Å². The predicted molar refractivity (Wildman–Crippen MR) is 77.8 cm³/mol. The second kappa shape index (κ2) is 6.90. The van der Waals surface area contributed by atoms with Crippen molar-refractivity contribution in [2.24, 2.45) is 5.92 Å². The molecule has 1 aromatic carbocycles. The quantitative estimate of drug-likeness (QED) is 0.613. The molecule has 0 heteroatoms. The van der Waals surface area contributed by atoms with E-state index < -0.39 is 0 Å². The van der Waals surface area contributed by atoms with Gasteiger partial charge in [-0.1, -0.05) is 81.0 Å². The van der Waals surface area contributed by atoms with Crippen molar-refractivity contribution in [2.75, 3.05) is 0 Å². The summed E-state index contributed by atoms with van der Waals surface area (Å²) in [6, 6.07) is 10.5. The Labute approximate surface area is 105 Å². The molecule has 2 rings (SSSR count). The molecule has 0 N–H and O–H groups in total. The highest BCUT2D eigenvalue weighted by Crippen LogP contribution is 2.22. The summed E-state index contributed by atoms with van der Waals surface area (Å²) in [6.07, 6.45) is 8.97. The van der Waals surface area contributed by atoms with E-state index in [4.69, 9.17) is 0 Å². The fraction of sp³-hybridized carbons (Fsp3) is 0.294. The first-order chi connectivity index (χ1) is 8.25. The first kappa shape index (κ1) is 13.5. The lowest BCUT2D eigenvalue weighted by atomic mass is 10.0. The molecule has 1 aliphatic carbocycles. The summed E-state index contributed by atoms with van der Waals surface area (Å²) in [6.45, 7) is 8.37. The number of allylic oxidation sites excluding steroid dienone is 6. The minimum atomic E-state index is 0.509. The first-order valence-corrected chi connectivity index (χ1v) is 6.39. The van der Waals surface area contributed by atoms with Crippen LogP contribution in [0.25, 0.3) is 5.57 Å². The van der Waals surface area contributed by atoms with Gasteiger partial charge in [0.05, 0.1) is 0 Å². The summed E-state index contributed by atoms with van der Waals surface area (Å²) in [7, 11) is 0. The smallest absolute Gasteiger partial charge is 0.00670 e. The number of hydrogen-bond acceptors (Lipinski definition) is 0. The van der Waals surface area contributed by atoms with E-state index in [9.17, 15) is 0 Å². The van der Waals surface area contributed by atoms with E-state index in [1.165, 1.54) is 16.7 Å². The summed E-state index contributed by atoms with van der Waals surface area (Å²) in [5, 5.41) is 0. The van der Waals surface area contributed by atoms with E-state index in [0.29, 0.717) is 5.92 Å². The van der Waals surface area contributed by atoms with Crippen LogP contribution in [-0.2, 0) is 0 Å². The van der Waals surface area contributed by atoms with Crippen LogP contribution >= 0.6 is 0 Å². The maximum absolute atomic E-state index is 2.31. The van der Waals surface area contributed by atoms with Crippen LogP contribution in [0.15, 0.2) is 60.2 Å². The van der Waals surface area contributed by atoms with Gasteiger partial charge in [-0.2, -0.15) is 0 Å². The molecule has 90 valence electrons. The lowest BCUT2D eigenvalue weighted by Gasteiger charge is -2.03. The van der Waals surface area contributed by atoms with Crippen molar-refractivity contribution < 1.29 is 0 Å². The normalized spacial score (nSPS) is 18.5. The summed E-state index contributed by atoms with van der Waals surface area (Å²) in [5.74, 6) is 0.509. The maximum Gasteiger partial charge on any atom is -0.00670 e. The Morgan fingerprint density at radius 1 is 0.882 bits per heavy atom. The molecular weight excluding hydrogens is 204 g/mol. The molecular formula is C17H22. The molecule has 0 heterocycles. The molecule has 1 aromatic rings. The Morgan fingerprint density at radius 3 is 2.18 bits per heavy atom. The number of rotatable bonds is 1. The summed E-state index contributed by atoms with van der Waals surface area (Å²) >= 11 is 0. The third-order valence-corrected chi connectivity index (χ3v) is 2.60. The maximum atomic E-state index is 2.31. The van der Waals surface area contributed by atoms with E-state index in [-0.39, 0.29) is 0 Å². The van der Waals surface area contributed by atoms with Crippen LogP contribution in [0, 0.1) is 5.92 Å². The van der Waals surface area contributed by atoms with Gasteiger partial charge in [0, 0.05) is 0 Å². The summed E-state index contributed by atoms with van der Waals surface area (Å²) in [4.78, 5) is 0. The van der Waals surface area contributed by atoms with E-state index in [0.717, 1.165) is 0 Å². The molecule has 1 aliphatic rings. The minimum Gasteiger partial charge on any atom is -0.0749 e. The van der Waals surface area contributed by atoms with Crippen LogP contribution in [0.2, 0.25) is 0 Å². The van der Waals surface area contributed by atoms with E-state index in [1.807, 2.05) is 13.8 Å². The third-order valence-electron chi connectivity index (χ3n) is 2.60. The van der Waals surface area contributed by atoms with Gasteiger partial charge in [-0.25, -0.2) is 0 Å². The number of hydrogen-bond donors (Lipinski definition) is 0. The molecule has 0 aromatic heterocycles. The molecule has 0 nitrogen and oxygen atoms in total. The fourth-order valence-corrected chi connectivity index (χ4v) is 1.90. The highest BCUT2D eigenvalue weighted by molar-refractivity contribution is 5.75. The molecule has 0 bridgehead atoms. The average Bonchev–Trinajstić information content (AvgIpc) is 2.54. The van der Waals surface area contributed by atoms with E-state index in [2.05, 4.69) is 68.5 Å². The van der Waals surface area contributed by atoms with Gasteiger partial charge in [0.15, 0.2) is 0 Å². The van der Waals surface area contributed by atoms with Crippen LogP contribution in [0.1, 0.15) is 33.3 Å². The van der Waals surface area contributed by atoms with Crippen molar-refractivity contribution in [3.05, 3.63) is 65.8 Å². The van der Waals surface area contributed by atoms with Crippen LogP contribution in [0.3, 0.4) is 0 Å². The molecule has 0 saturated carbocycles. The predicted octanol–water partition coefficient (Wildman–Crippen LogP) is 5.25. The highest BCUT2D eigenvalue weighted by atomic mass is 14.1. The lowest BCUT2D eigenvalue weighted by molar-refractivity contribution is 0.936. The Balaban J connectivity index is 0.000000686. The zero-order valence-corrected chi connectivity index (χ0v) is 11.3. The van der Waals surface area contributed by atoms with Gasteiger partial charge >= 0.3 is 0 Å². The lowest BCUT2D eigenvalue weighted by Crippen LogP contribution is -1.85. The van der Waals surface area contributed by atoms with Crippen molar-refractivity contribution in [1.29, 1.82) is 0 Å². The average molecular weight is 226 g/mol. The van der Waals surface area contributed by atoms with Gasteiger partial charge in [0.2, 0.25) is 0 Å². The van der Waals surface area contributed by atoms with Crippen LogP contribution in [-0.4, -0.2) is 0 Å². The first-order valence-electron chi connectivity index (χ1n) is 6.39. The molecule has 0 spiro atoms. The fourth-order valence-electron chi connectivity index (χ4n) is 1.90. The SMILES string of the molecule is CC.CC1=CC(C)C=C(c2ccccc2)C=C1. The molecule has 17 heavy (non-hydrogen) atoms. The molecule has 0 saturated heterocycles. The van der Waals surface area contributed by atoms with Crippen molar-refractivity contribution in [3.8, 4) is 0 Å². The Bertz CT molecular complexity index is 419. The van der Waals surface area contributed by atoms with E-state index in [1.54, 1.807) is 0 Å². The zero-order chi connectivity index (χ0) is 12.7. The number of benzene rings is 1. The Morgan fingerprint density at radius 2 is 1.53 bits per heavy atom. The molecule has 0 radical (unpaired) electrons. The summed E-state index contributed by atoms with van der Waals surface area (Å²) < 4.78 is 0. The van der Waals surface area contributed by atoms with Crippen molar-refractivity contribution in [2.45, 2.75) is 27.7 Å². The van der Waals surface area contributed by atoms with Gasteiger partial charge in [-0.15, -0.1) is 0 Å². The van der Waals surface area contributed by atoms with E-state index >= 15 is 0 Å². The second-order valence-corrected chi connectivity index (χ2v) is 4.09. The minimum absolute atomic E-state index is 0.509. The van der Waals surface area contributed by atoms with Gasteiger partial charge in [-0.05, 0) is 24.0 Å². The van der Waals surface area contributed by atoms with Gasteiger partial charge in [0.1, 0.15) is 0 Å². The van der Waals surface area contributed by atoms with Gasteiger partial charge < -0.3 is 0 Å². The highest BCUT2D eigenvalue weighted by Gasteiger charge is 2.03. The Hall–Kier alpha value is -1.56. The van der Waals surface area contributed by atoms with Crippen molar-refractivity contribution >= 4 is 5.57 Å².